The summed E-state index contributed by atoms with van der Waals surface area (Å²) in [7, 11) is 1.48. The molecule has 0 rings (SSSR count). The first-order chi connectivity index (χ1) is 6.21. The molecule has 2 nitrogen and oxygen atoms in total. The average molecular weight is 186 g/mol. The fourth-order valence-corrected chi connectivity index (χ4v) is 1.87. The lowest BCUT2D eigenvalue weighted by Crippen LogP contribution is -2.24. The van der Waals surface area contributed by atoms with Gasteiger partial charge in [0, 0.05) is 0 Å². The molecule has 0 heterocycles. The Morgan fingerprint density at radius 2 is 1.77 bits per heavy atom. The molecule has 0 spiro atoms. The van der Waals surface area contributed by atoms with Crippen molar-refractivity contribution in [1.29, 1.82) is 0 Å². The van der Waals surface area contributed by atoms with Crippen LogP contribution in [-0.2, 0) is 9.53 Å². The van der Waals surface area contributed by atoms with Crippen molar-refractivity contribution in [3.05, 3.63) is 0 Å². The standard InChI is InChI=1S/C11H22O2/c1-5-8-10(11(12)13-4)9(6-2)7-3/h9-10H,5-8H2,1-4H3. The van der Waals surface area contributed by atoms with Crippen molar-refractivity contribution < 1.29 is 9.53 Å². The van der Waals surface area contributed by atoms with Gasteiger partial charge >= 0.3 is 5.97 Å². The van der Waals surface area contributed by atoms with Crippen molar-refractivity contribution in [3.8, 4) is 0 Å². The van der Waals surface area contributed by atoms with Crippen LogP contribution in [0.5, 0.6) is 0 Å². The highest BCUT2D eigenvalue weighted by atomic mass is 16.5. The monoisotopic (exact) mass is 186 g/mol. The molecule has 0 aromatic heterocycles. The molecule has 2 heteroatoms. The van der Waals surface area contributed by atoms with Gasteiger partial charge in [-0.15, -0.1) is 0 Å². The van der Waals surface area contributed by atoms with Crippen molar-refractivity contribution >= 4 is 5.97 Å². The van der Waals surface area contributed by atoms with Crippen LogP contribution in [0.15, 0.2) is 0 Å². The number of carbonyl (C=O) groups excluding carboxylic acids is 1. The summed E-state index contributed by atoms with van der Waals surface area (Å²) in [6.07, 6.45) is 4.14. The van der Waals surface area contributed by atoms with Gasteiger partial charge in [0.2, 0.25) is 0 Å². The maximum absolute atomic E-state index is 11.4. The van der Waals surface area contributed by atoms with E-state index in [1.165, 1.54) is 7.11 Å². The number of hydrogen-bond acceptors (Lipinski definition) is 2. The van der Waals surface area contributed by atoms with Gasteiger partial charge in [0.05, 0.1) is 13.0 Å². The van der Waals surface area contributed by atoms with Gasteiger partial charge in [-0.2, -0.15) is 0 Å². The van der Waals surface area contributed by atoms with Gasteiger partial charge in [-0.3, -0.25) is 4.79 Å². The van der Waals surface area contributed by atoms with Crippen LogP contribution in [0, 0.1) is 11.8 Å². The number of methoxy groups -OCH3 is 1. The molecule has 0 N–H and O–H groups in total. The molecule has 13 heavy (non-hydrogen) atoms. The predicted octanol–water partition coefficient (Wildman–Crippen LogP) is 3.01. The van der Waals surface area contributed by atoms with Crippen molar-refractivity contribution in [2.45, 2.75) is 46.5 Å². The Morgan fingerprint density at radius 3 is 2.08 bits per heavy atom. The maximum atomic E-state index is 11.4. The molecule has 0 bridgehead atoms. The van der Waals surface area contributed by atoms with Gasteiger partial charge < -0.3 is 4.74 Å². The summed E-state index contributed by atoms with van der Waals surface area (Å²) in [5.41, 5.74) is 0. The molecule has 0 fully saturated rings. The van der Waals surface area contributed by atoms with Crippen molar-refractivity contribution in [2.24, 2.45) is 11.8 Å². The van der Waals surface area contributed by atoms with Gasteiger partial charge in [-0.25, -0.2) is 0 Å². The largest absolute Gasteiger partial charge is 0.469 e. The van der Waals surface area contributed by atoms with Gasteiger partial charge in [-0.05, 0) is 12.3 Å². The van der Waals surface area contributed by atoms with Crippen LogP contribution in [0.25, 0.3) is 0 Å². The molecule has 0 aliphatic rings. The lowest BCUT2D eigenvalue weighted by molar-refractivity contribution is -0.147. The van der Waals surface area contributed by atoms with E-state index in [0.717, 1.165) is 25.7 Å². The van der Waals surface area contributed by atoms with E-state index in [1.807, 2.05) is 0 Å². The summed E-state index contributed by atoms with van der Waals surface area (Å²) in [6.45, 7) is 6.39. The third kappa shape index (κ3) is 3.79. The molecule has 0 saturated heterocycles. The summed E-state index contributed by atoms with van der Waals surface area (Å²) in [4.78, 5) is 11.4. The number of carbonyl (C=O) groups is 1. The molecular formula is C11H22O2. The van der Waals surface area contributed by atoms with Crippen LogP contribution in [0.4, 0.5) is 0 Å². The smallest absolute Gasteiger partial charge is 0.308 e. The number of hydrogen-bond donors (Lipinski definition) is 0. The Labute approximate surface area is 81.7 Å². The normalized spacial score (nSPS) is 13.0. The fourth-order valence-electron chi connectivity index (χ4n) is 1.87. The first-order valence-corrected chi connectivity index (χ1v) is 5.28. The van der Waals surface area contributed by atoms with Crippen molar-refractivity contribution in [3.63, 3.8) is 0 Å². The molecule has 0 aromatic carbocycles. The van der Waals surface area contributed by atoms with Crippen LogP contribution in [0.2, 0.25) is 0 Å². The first-order valence-electron chi connectivity index (χ1n) is 5.28. The molecule has 1 unspecified atom stereocenters. The fraction of sp³-hybridized carbons (Fsp3) is 0.909. The second kappa shape index (κ2) is 6.93. The quantitative estimate of drug-likeness (QED) is 0.596. The third-order valence-electron chi connectivity index (χ3n) is 2.72. The number of esters is 1. The number of rotatable bonds is 6. The summed E-state index contributed by atoms with van der Waals surface area (Å²) in [5.74, 6) is 0.577. The van der Waals surface area contributed by atoms with Crippen LogP contribution in [-0.4, -0.2) is 13.1 Å². The van der Waals surface area contributed by atoms with Gasteiger partial charge in [-0.1, -0.05) is 40.0 Å². The van der Waals surface area contributed by atoms with E-state index in [4.69, 9.17) is 4.74 Å². The summed E-state index contributed by atoms with van der Waals surface area (Å²) in [5, 5.41) is 0. The molecular weight excluding hydrogens is 164 g/mol. The Morgan fingerprint density at radius 1 is 1.23 bits per heavy atom. The molecule has 0 aliphatic carbocycles. The van der Waals surface area contributed by atoms with E-state index < -0.39 is 0 Å². The first kappa shape index (κ1) is 12.5. The van der Waals surface area contributed by atoms with E-state index in [0.29, 0.717) is 5.92 Å². The minimum absolute atomic E-state index is 0.0319. The van der Waals surface area contributed by atoms with E-state index in [2.05, 4.69) is 20.8 Å². The molecule has 0 radical (unpaired) electrons. The third-order valence-corrected chi connectivity index (χ3v) is 2.72. The molecule has 78 valence electrons. The van der Waals surface area contributed by atoms with Crippen molar-refractivity contribution in [1.82, 2.24) is 0 Å². The SMILES string of the molecule is CCCC(C(=O)OC)C(CC)CC. The number of ether oxygens (including phenoxy) is 1. The lowest BCUT2D eigenvalue weighted by atomic mass is 9.85. The second-order valence-corrected chi connectivity index (χ2v) is 3.49. The highest BCUT2D eigenvalue weighted by Crippen LogP contribution is 2.24. The van der Waals surface area contributed by atoms with Crippen LogP contribution < -0.4 is 0 Å². The minimum Gasteiger partial charge on any atom is -0.469 e. The topological polar surface area (TPSA) is 26.3 Å². The zero-order chi connectivity index (χ0) is 10.3. The zero-order valence-corrected chi connectivity index (χ0v) is 9.30. The zero-order valence-electron chi connectivity index (χ0n) is 9.30. The molecule has 0 amide bonds. The highest BCUT2D eigenvalue weighted by Gasteiger charge is 2.25. The maximum Gasteiger partial charge on any atom is 0.308 e. The minimum atomic E-state index is -0.0319. The Balaban J connectivity index is 4.28. The summed E-state index contributed by atoms with van der Waals surface area (Å²) < 4.78 is 4.81. The van der Waals surface area contributed by atoms with Crippen LogP contribution in [0.1, 0.15) is 46.5 Å². The van der Waals surface area contributed by atoms with Crippen LogP contribution >= 0.6 is 0 Å². The molecule has 0 saturated carbocycles. The van der Waals surface area contributed by atoms with Crippen molar-refractivity contribution in [2.75, 3.05) is 7.11 Å². The van der Waals surface area contributed by atoms with Crippen LogP contribution in [0.3, 0.4) is 0 Å². The molecule has 0 aromatic rings. The van der Waals surface area contributed by atoms with Gasteiger partial charge in [0.25, 0.3) is 0 Å². The predicted molar refractivity (Wildman–Crippen MR) is 54.5 cm³/mol. The van der Waals surface area contributed by atoms with E-state index in [9.17, 15) is 4.79 Å². The Bertz CT molecular complexity index is 139. The molecule has 0 aliphatic heterocycles. The summed E-state index contributed by atoms with van der Waals surface area (Å²) in [6, 6.07) is 0. The second-order valence-electron chi connectivity index (χ2n) is 3.49. The van der Waals surface area contributed by atoms with E-state index in [-0.39, 0.29) is 11.9 Å². The van der Waals surface area contributed by atoms with E-state index in [1.54, 1.807) is 0 Å². The Kier molecular flexibility index (Phi) is 6.65. The van der Waals surface area contributed by atoms with Gasteiger partial charge in [0.15, 0.2) is 0 Å². The van der Waals surface area contributed by atoms with Gasteiger partial charge in [0.1, 0.15) is 0 Å². The summed E-state index contributed by atoms with van der Waals surface area (Å²) >= 11 is 0. The Hall–Kier alpha value is -0.530. The average Bonchev–Trinajstić information content (AvgIpc) is 2.17. The van der Waals surface area contributed by atoms with E-state index >= 15 is 0 Å². The lowest BCUT2D eigenvalue weighted by Gasteiger charge is -2.22. The molecule has 1 atom stereocenters. The highest BCUT2D eigenvalue weighted by molar-refractivity contribution is 5.72.